The van der Waals surface area contributed by atoms with Gasteiger partial charge in [0.25, 0.3) is 0 Å². The average molecular weight is 838 g/mol. The number of nitrogens with zero attached hydrogens (tertiary/aromatic N) is 5. The van der Waals surface area contributed by atoms with Gasteiger partial charge in [-0.05, 0) is 61.8 Å². The largest absolute Gasteiger partial charge is 0.491 e. The van der Waals surface area contributed by atoms with Crippen LogP contribution in [0.1, 0.15) is 77.1 Å². The minimum absolute atomic E-state index is 0.149. The van der Waals surface area contributed by atoms with Crippen LogP contribution in [0.2, 0.25) is 0 Å². The number of aromatic nitrogens is 5. The quantitative estimate of drug-likeness (QED) is 0.115. The van der Waals surface area contributed by atoms with Crippen molar-refractivity contribution < 1.29 is 38.1 Å². The molecule has 0 saturated carbocycles. The molecular weight excluding hydrogens is 786 g/mol. The zero-order valence-corrected chi connectivity index (χ0v) is 35.0. The van der Waals surface area contributed by atoms with Gasteiger partial charge in [-0.1, -0.05) is 39.8 Å². The van der Waals surface area contributed by atoms with Crippen LogP contribution in [0.3, 0.4) is 0 Å². The summed E-state index contributed by atoms with van der Waals surface area (Å²) in [5.74, 6) is 0.0648. The van der Waals surface area contributed by atoms with Crippen LogP contribution in [-0.2, 0) is 25.7 Å². The fourth-order valence-corrected chi connectivity index (χ4v) is 8.95. The summed E-state index contributed by atoms with van der Waals surface area (Å²) in [7, 11) is 1.27. The summed E-state index contributed by atoms with van der Waals surface area (Å²) in [6, 6.07) is 9.14. The molecule has 16 nitrogen and oxygen atoms in total. The number of aliphatic hydroxyl groups is 1. The summed E-state index contributed by atoms with van der Waals surface area (Å²) in [6.07, 6.45) is 5.74. The Balaban J connectivity index is 1.03. The Morgan fingerprint density at radius 2 is 1.43 bits per heavy atom. The molecule has 17 heteroatoms. The first kappa shape index (κ1) is 41.5. The van der Waals surface area contributed by atoms with E-state index in [1.807, 2.05) is 68.7 Å². The van der Waals surface area contributed by atoms with Crippen molar-refractivity contribution in [2.75, 3.05) is 33.4 Å². The van der Waals surface area contributed by atoms with Gasteiger partial charge in [0.1, 0.15) is 42.7 Å². The molecule has 0 radical (unpaired) electrons. The molecule has 6 heterocycles. The molecule has 2 fully saturated rings. The van der Waals surface area contributed by atoms with Gasteiger partial charge >= 0.3 is 6.09 Å². The van der Waals surface area contributed by atoms with E-state index in [1.54, 1.807) is 22.2 Å². The zero-order valence-electron chi connectivity index (χ0n) is 35.0. The van der Waals surface area contributed by atoms with Crippen LogP contribution < -0.4 is 15.4 Å². The first-order valence-corrected chi connectivity index (χ1v) is 20.9. The minimum Gasteiger partial charge on any atom is -0.491 e. The smallest absolute Gasteiger partial charge is 0.407 e. The number of nitrogens with one attached hydrogen (secondary N) is 4. The highest BCUT2D eigenvalue weighted by molar-refractivity contribution is 5.93. The van der Waals surface area contributed by atoms with Gasteiger partial charge in [-0.2, -0.15) is 0 Å². The molecule has 0 bridgehead atoms. The molecule has 3 aromatic heterocycles. The van der Waals surface area contributed by atoms with Crippen LogP contribution in [0.4, 0.5) is 9.18 Å². The number of hydrogen-bond donors (Lipinski definition) is 5. The average Bonchev–Trinajstić information content (AvgIpc) is 4.11. The fourth-order valence-electron chi connectivity index (χ4n) is 8.95. The number of aliphatic hydroxyl groups excluding tert-OH is 1. The van der Waals surface area contributed by atoms with Crippen LogP contribution in [0.25, 0.3) is 44.7 Å². The van der Waals surface area contributed by atoms with E-state index in [2.05, 4.69) is 30.6 Å². The Morgan fingerprint density at radius 1 is 0.852 bits per heavy atom. The molecule has 3 aliphatic rings. The van der Waals surface area contributed by atoms with E-state index in [0.29, 0.717) is 72.4 Å². The second-order valence-corrected chi connectivity index (χ2v) is 16.7. The highest BCUT2D eigenvalue weighted by Crippen LogP contribution is 2.42. The third-order valence-corrected chi connectivity index (χ3v) is 12.1. The number of alkyl carbamates (subject to hydrolysis) is 1. The Labute approximate surface area is 352 Å². The van der Waals surface area contributed by atoms with Gasteiger partial charge in [0, 0.05) is 35.2 Å². The summed E-state index contributed by atoms with van der Waals surface area (Å²) in [6.45, 7) is 8.56. The van der Waals surface area contributed by atoms with Crippen molar-refractivity contribution in [1.82, 2.24) is 44.9 Å². The van der Waals surface area contributed by atoms with E-state index in [-0.39, 0.29) is 41.6 Å². The zero-order chi connectivity index (χ0) is 43.1. The van der Waals surface area contributed by atoms with Crippen molar-refractivity contribution >= 4 is 34.7 Å². The predicted molar refractivity (Wildman–Crippen MR) is 223 cm³/mol. The first-order valence-electron chi connectivity index (χ1n) is 20.9. The van der Waals surface area contributed by atoms with Crippen molar-refractivity contribution in [3.63, 3.8) is 0 Å². The van der Waals surface area contributed by atoms with Gasteiger partial charge in [-0.25, -0.2) is 19.2 Å². The number of carbonyl (C=O) groups is 4. The lowest BCUT2D eigenvalue weighted by atomic mass is 10.0. The Bertz CT molecular complexity index is 2470. The molecule has 0 spiro atoms. The van der Waals surface area contributed by atoms with Gasteiger partial charge in [0.2, 0.25) is 17.7 Å². The molecule has 5 aromatic rings. The van der Waals surface area contributed by atoms with Crippen LogP contribution in [-0.4, -0.2) is 109 Å². The second kappa shape index (κ2) is 17.0. The monoisotopic (exact) mass is 837 g/mol. The minimum atomic E-state index is -0.778. The van der Waals surface area contributed by atoms with Crippen molar-refractivity contribution in [1.29, 1.82) is 0 Å². The molecule has 5 N–H and O–H groups in total. The van der Waals surface area contributed by atoms with E-state index in [1.165, 1.54) is 7.11 Å². The van der Waals surface area contributed by atoms with Gasteiger partial charge in [0.15, 0.2) is 5.82 Å². The number of carbonyl (C=O) groups excluding carboxylic acids is 4. The summed E-state index contributed by atoms with van der Waals surface area (Å²) < 4.78 is 29.7. The van der Waals surface area contributed by atoms with Crippen LogP contribution in [0.5, 0.6) is 5.75 Å². The molecular formula is C44H52FN9O7. The lowest BCUT2D eigenvalue weighted by molar-refractivity contribution is -0.139. The maximum atomic E-state index is 16.7. The number of likely N-dealkylation sites (tertiary alicyclic amines) is 2. The van der Waals surface area contributed by atoms with E-state index in [9.17, 15) is 24.3 Å². The van der Waals surface area contributed by atoms with Crippen molar-refractivity contribution in [2.45, 2.75) is 84.1 Å². The molecule has 2 unspecified atom stereocenters. The first-order chi connectivity index (χ1) is 29.4. The third-order valence-electron chi connectivity index (χ3n) is 12.1. The van der Waals surface area contributed by atoms with Gasteiger partial charge in [-0.3, -0.25) is 14.4 Å². The van der Waals surface area contributed by atoms with Crippen LogP contribution in [0, 0.1) is 17.7 Å². The van der Waals surface area contributed by atoms with Gasteiger partial charge in [0.05, 0.1) is 60.7 Å². The number of methoxy groups -OCH3 is 1. The third kappa shape index (κ3) is 7.82. The highest BCUT2D eigenvalue weighted by atomic mass is 19.1. The summed E-state index contributed by atoms with van der Waals surface area (Å²) in [5, 5.41) is 15.1. The van der Waals surface area contributed by atoms with Crippen molar-refractivity contribution in [3.05, 3.63) is 66.3 Å². The number of halogens is 1. The maximum Gasteiger partial charge on any atom is 0.407 e. The van der Waals surface area contributed by atoms with Gasteiger partial charge < -0.3 is 49.5 Å². The molecule has 0 aliphatic carbocycles. The topological polar surface area (TPSA) is 200 Å². The molecule has 61 heavy (non-hydrogen) atoms. The number of benzene rings is 2. The Morgan fingerprint density at radius 3 is 2.00 bits per heavy atom. The number of H-pyrrole nitrogens is 2. The van der Waals surface area contributed by atoms with Crippen molar-refractivity contribution in [2.24, 2.45) is 11.8 Å². The van der Waals surface area contributed by atoms with Crippen LogP contribution >= 0.6 is 0 Å². The van der Waals surface area contributed by atoms with Crippen molar-refractivity contribution in [3.8, 4) is 39.5 Å². The lowest BCUT2D eigenvalue weighted by Gasteiger charge is -2.30. The molecule has 322 valence electrons. The Hall–Kier alpha value is -6.23. The molecule has 4 amide bonds. The summed E-state index contributed by atoms with van der Waals surface area (Å²) in [4.78, 5) is 70.9. The number of hydrogen-bond acceptors (Lipinski definition) is 9. The van der Waals surface area contributed by atoms with E-state index >= 15 is 4.39 Å². The number of fused-ring (bicyclic) bond motifs is 5. The second-order valence-electron chi connectivity index (χ2n) is 16.7. The fraction of sp³-hybridized carbons (Fsp3) is 0.455. The molecule has 4 atom stereocenters. The molecule has 2 saturated heterocycles. The number of imidazole rings is 2. The predicted octanol–water partition coefficient (Wildman–Crippen LogP) is 5.46. The van der Waals surface area contributed by atoms with E-state index in [0.717, 1.165) is 41.6 Å². The number of rotatable bonds is 11. The molecule has 8 rings (SSSR count). The standard InChI is InChI=1S/C44H52FN9O7/c1-23(2)37(50-35(56)22-55)42(57)53-14-6-8-32(53)40-46-20-29(48-40)25-11-13-31-28(18-25)36(45)39-27-12-10-26(19-34(27)61-17-16-52(31)39)30-21-47-41(49-30)33-9-7-15-54(33)43(58)38(24(3)4)51-44(59)60-5/h10-13,18-21,23-24,32-33,37-38,55H,6-9,14-17,22H2,1-5H3,(H,46,48)(H,47,49)(H,50,56)(H,51,59)/t32-,33?,37?,38+/m1/s1. The van der Waals surface area contributed by atoms with E-state index < -0.39 is 30.7 Å². The lowest BCUT2D eigenvalue weighted by Crippen LogP contribution is -2.51. The molecule has 3 aliphatic heterocycles. The molecule has 2 aromatic carbocycles. The normalized spacial score (nSPS) is 18.4. The van der Waals surface area contributed by atoms with E-state index in [4.69, 9.17) is 9.47 Å². The number of ether oxygens (including phenoxy) is 2. The maximum absolute atomic E-state index is 16.7. The summed E-state index contributed by atoms with van der Waals surface area (Å²) >= 11 is 0. The Kier molecular flexibility index (Phi) is 11.6. The summed E-state index contributed by atoms with van der Waals surface area (Å²) in [5.41, 5.74) is 4.70. The number of amides is 4. The van der Waals surface area contributed by atoms with Gasteiger partial charge in [-0.15, -0.1) is 0 Å². The highest BCUT2D eigenvalue weighted by Gasteiger charge is 2.39. The number of aromatic amines is 2. The SMILES string of the molecule is COC(=O)N[C@H](C(=O)N1CCCC1c1ncc(-c2ccc3c(c2)OCCn2c-3c(F)c3cc(-c4cnc([C@H]5CCCN5C(=O)C(NC(=O)CO)C(C)C)[nH]4)ccc32)[nH]1)C(C)C. The van der Waals surface area contributed by atoms with Crippen LogP contribution in [0.15, 0.2) is 48.8 Å².